The lowest BCUT2D eigenvalue weighted by Gasteiger charge is -1.95. The van der Waals surface area contributed by atoms with Crippen molar-refractivity contribution >= 4 is 12.2 Å². The van der Waals surface area contributed by atoms with E-state index in [9.17, 15) is 4.79 Å². The van der Waals surface area contributed by atoms with Gasteiger partial charge in [-0.05, 0) is 17.7 Å². The van der Waals surface area contributed by atoms with Crippen molar-refractivity contribution < 1.29 is 14.7 Å². The van der Waals surface area contributed by atoms with Crippen molar-refractivity contribution in [2.24, 2.45) is 5.16 Å². The fourth-order valence-electron chi connectivity index (χ4n) is 0.928. The second kappa shape index (κ2) is 6.19. The summed E-state index contributed by atoms with van der Waals surface area (Å²) in [5, 5.41) is 20.5. The Morgan fingerprint density at radius 3 is 2.75 bits per heavy atom. The first kappa shape index (κ1) is 11.7. The molecule has 0 heterocycles. The molecular formula is C11H10N2O3. The minimum Gasteiger partial charge on any atom is -0.481 e. The third-order valence-corrected chi connectivity index (χ3v) is 1.72. The maximum Gasteiger partial charge on any atom is 0.306 e. The van der Waals surface area contributed by atoms with Crippen molar-refractivity contribution in [2.75, 3.05) is 6.61 Å². The van der Waals surface area contributed by atoms with Crippen molar-refractivity contribution in [3.05, 3.63) is 35.4 Å². The van der Waals surface area contributed by atoms with E-state index in [2.05, 4.69) is 5.16 Å². The summed E-state index contributed by atoms with van der Waals surface area (Å²) in [7, 11) is 0. The number of nitrogens with zero attached hydrogens (tertiary/aromatic N) is 2. The zero-order chi connectivity index (χ0) is 11.8. The molecule has 16 heavy (non-hydrogen) atoms. The summed E-state index contributed by atoms with van der Waals surface area (Å²) in [6, 6.07) is 8.78. The Labute approximate surface area is 92.6 Å². The summed E-state index contributed by atoms with van der Waals surface area (Å²) in [4.78, 5) is 14.9. The number of rotatable bonds is 5. The second-order valence-corrected chi connectivity index (χ2v) is 2.95. The number of carboxylic acid groups (broad SMARTS) is 1. The van der Waals surface area contributed by atoms with Gasteiger partial charge in [0.25, 0.3) is 0 Å². The molecule has 0 aromatic heterocycles. The van der Waals surface area contributed by atoms with Crippen molar-refractivity contribution in [3.63, 3.8) is 0 Å². The molecule has 5 nitrogen and oxygen atoms in total. The highest BCUT2D eigenvalue weighted by atomic mass is 16.6. The van der Waals surface area contributed by atoms with Gasteiger partial charge in [0.2, 0.25) is 0 Å². The van der Waals surface area contributed by atoms with E-state index >= 15 is 0 Å². The quantitative estimate of drug-likeness (QED) is 0.459. The molecule has 0 unspecified atom stereocenters. The van der Waals surface area contributed by atoms with Gasteiger partial charge in [-0.1, -0.05) is 17.3 Å². The van der Waals surface area contributed by atoms with Gasteiger partial charge in [-0.2, -0.15) is 5.26 Å². The van der Waals surface area contributed by atoms with E-state index in [4.69, 9.17) is 15.2 Å². The molecule has 0 aliphatic rings. The summed E-state index contributed by atoms with van der Waals surface area (Å²) in [5.41, 5.74) is 1.36. The van der Waals surface area contributed by atoms with Gasteiger partial charge in [0.15, 0.2) is 0 Å². The van der Waals surface area contributed by atoms with E-state index in [-0.39, 0.29) is 13.0 Å². The first-order chi connectivity index (χ1) is 7.72. The Bertz CT molecular complexity index is 418. The average Bonchev–Trinajstić information content (AvgIpc) is 2.29. The molecule has 0 atom stereocenters. The molecule has 0 bridgehead atoms. The highest BCUT2D eigenvalue weighted by molar-refractivity contribution is 5.79. The summed E-state index contributed by atoms with van der Waals surface area (Å²) in [6.45, 7) is 0.0438. The molecule has 0 saturated heterocycles. The maximum atomic E-state index is 10.1. The largest absolute Gasteiger partial charge is 0.481 e. The topological polar surface area (TPSA) is 82.7 Å². The van der Waals surface area contributed by atoms with Crippen LogP contribution in [-0.4, -0.2) is 23.9 Å². The van der Waals surface area contributed by atoms with Crippen LogP contribution in [0.15, 0.2) is 29.4 Å². The monoisotopic (exact) mass is 218 g/mol. The summed E-state index contributed by atoms with van der Waals surface area (Å²) >= 11 is 0. The van der Waals surface area contributed by atoms with Gasteiger partial charge in [-0.15, -0.1) is 0 Å². The van der Waals surface area contributed by atoms with Crippen molar-refractivity contribution in [1.82, 2.24) is 0 Å². The minimum atomic E-state index is -0.923. The smallest absolute Gasteiger partial charge is 0.306 e. The number of oxime groups is 1. The van der Waals surface area contributed by atoms with Crippen LogP contribution >= 0.6 is 0 Å². The summed E-state index contributed by atoms with van der Waals surface area (Å²) in [5.74, 6) is -0.923. The van der Waals surface area contributed by atoms with Gasteiger partial charge in [0.1, 0.15) is 6.61 Å². The van der Waals surface area contributed by atoms with Crippen LogP contribution in [0.1, 0.15) is 17.5 Å². The normalized spacial score (nSPS) is 9.94. The number of aliphatic carboxylic acids is 1. The molecule has 0 aliphatic heterocycles. The Morgan fingerprint density at radius 2 is 2.19 bits per heavy atom. The van der Waals surface area contributed by atoms with Crippen molar-refractivity contribution in [1.29, 1.82) is 5.26 Å². The van der Waals surface area contributed by atoms with Crippen LogP contribution in [0, 0.1) is 11.3 Å². The van der Waals surface area contributed by atoms with Crippen LogP contribution in [0.25, 0.3) is 0 Å². The molecule has 82 valence electrons. The molecule has 0 saturated carbocycles. The van der Waals surface area contributed by atoms with E-state index < -0.39 is 5.97 Å². The van der Waals surface area contributed by atoms with Crippen LogP contribution in [-0.2, 0) is 9.63 Å². The Kier molecular flexibility index (Phi) is 4.54. The lowest BCUT2D eigenvalue weighted by atomic mass is 10.2. The number of hydrogen-bond donors (Lipinski definition) is 1. The van der Waals surface area contributed by atoms with E-state index in [1.165, 1.54) is 6.21 Å². The zero-order valence-corrected chi connectivity index (χ0v) is 8.46. The molecule has 1 aromatic carbocycles. The van der Waals surface area contributed by atoms with E-state index in [0.29, 0.717) is 5.56 Å². The summed E-state index contributed by atoms with van der Waals surface area (Å²) in [6.07, 6.45) is 1.38. The predicted octanol–water partition coefficient (Wildman–Crippen LogP) is 1.38. The molecule has 0 aliphatic carbocycles. The van der Waals surface area contributed by atoms with Crippen LogP contribution in [0.5, 0.6) is 0 Å². The van der Waals surface area contributed by atoms with E-state index in [1.54, 1.807) is 24.3 Å². The lowest BCUT2D eigenvalue weighted by Crippen LogP contribution is -1.99. The molecule has 1 aromatic rings. The van der Waals surface area contributed by atoms with Gasteiger partial charge in [0.05, 0.1) is 24.3 Å². The molecule has 0 radical (unpaired) electrons. The second-order valence-electron chi connectivity index (χ2n) is 2.95. The predicted molar refractivity (Wildman–Crippen MR) is 57.0 cm³/mol. The standard InChI is InChI=1S/C11H10N2O3/c12-7-9-1-3-10(4-2-9)8-13-16-6-5-11(14)15/h1-4,8H,5-6H2,(H,14,15)/b13-8+. The maximum absolute atomic E-state index is 10.1. The van der Waals surface area contributed by atoms with Gasteiger partial charge in [-0.25, -0.2) is 0 Å². The molecular weight excluding hydrogens is 208 g/mol. The number of carbonyl (C=O) groups is 1. The molecule has 1 N–H and O–H groups in total. The van der Waals surface area contributed by atoms with Crippen LogP contribution in [0.3, 0.4) is 0 Å². The van der Waals surface area contributed by atoms with Crippen LogP contribution < -0.4 is 0 Å². The molecule has 1 rings (SSSR count). The third-order valence-electron chi connectivity index (χ3n) is 1.72. The summed E-state index contributed by atoms with van der Waals surface area (Å²) < 4.78 is 0. The van der Waals surface area contributed by atoms with Crippen molar-refractivity contribution in [2.45, 2.75) is 6.42 Å². The van der Waals surface area contributed by atoms with Crippen LogP contribution in [0.4, 0.5) is 0 Å². The molecule has 5 heteroatoms. The van der Waals surface area contributed by atoms with Crippen LogP contribution in [0.2, 0.25) is 0 Å². The SMILES string of the molecule is N#Cc1ccc(/C=N/OCCC(=O)O)cc1. The fourth-order valence-corrected chi connectivity index (χ4v) is 0.928. The van der Waals surface area contributed by atoms with Crippen molar-refractivity contribution in [3.8, 4) is 6.07 Å². The molecule has 0 fully saturated rings. The molecule has 0 spiro atoms. The number of carboxylic acids is 1. The average molecular weight is 218 g/mol. The Hall–Kier alpha value is -2.35. The Balaban J connectivity index is 2.38. The highest BCUT2D eigenvalue weighted by Gasteiger charge is 1.95. The third kappa shape index (κ3) is 4.24. The van der Waals surface area contributed by atoms with E-state index in [0.717, 1.165) is 5.56 Å². The lowest BCUT2D eigenvalue weighted by molar-refractivity contribution is -0.138. The highest BCUT2D eigenvalue weighted by Crippen LogP contribution is 2.00. The number of hydrogen-bond acceptors (Lipinski definition) is 4. The first-order valence-corrected chi connectivity index (χ1v) is 4.59. The van der Waals surface area contributed by atoms with Gasteiger partial charge < -0.3 is 9.94 Å². The van der Waals surface area contributed by atoms with Gasteiger partial charge in [0, 0.05) is 0 Å². The first-order valence-electron chi connectivity index (χ1n) is 4.59. The van der Waals surface area contributed by atoms with E-state index in [1.807, 2.05) is 6.07 Å². The number of benzene rings is 1. The van der Waals surface area contributed by atoms with Gasteiger partial charge >= 0.3 is 5.97 Å². The fraction of sp³-hybridized carbons (Fsp3) is 0.182. The molecule has 0 amide bonds. The Morgan fingerprint density at radius 1 is 1.50 bits per heavy atom. The van der Waals surface area contributed by atoms with Gasteiger partial charge in [-0.3, -0.25) is 4.79 Å². The minimum absolute atomic E-state index is 0.0438. The number of nitriles is 1. The zero-order valence-electron chi connectivity index (χ0n) is 8.46.